The van der Waals surface area contributed by atoms with Crippen LogP contribution in [0.15, 0.2) is 105 Å². The number of hydrogen-bond donors (Lipinski definition) is 2. The summed E-state index contributed by atoms with van der Waals surface area (Å²) >= 11 is 6.24. The Hall–Kier alpha value is -5.32. The average Bonchev–Trinajstić information content (AvgIpc) is 3.78. The van der Waals surface area contributed by atoms with Crippen molar-refractivity contribution in [1.29, 1.82) is 0 Å². The number of carbonyl (C=O) groups is 2. The van der Waals surface area contributed by atoms with Crippen LogP contribution < -0.4 is 14.4 Å². The molecule has 0 unspecified atom stereocenters. The van der Waals surface area contributed by atoms with Crippen molar-refractivity contribution in [3.8, 4) is 11.5 Å². The van der Waals surface area contributed by atoms with Gasteiger partial charge in [0.15, 0.2) is 0 Å². The number of aromatic nitrogens is 2. The maximum atomic E-state index is 14.2. The van der Waals surface area contributed by atoms with Crippen LogP contribution in [0.25, 0.3) is 16.6 Å². The van der Waals surface area contributed by atoms with Crippen LogP contribution in [0.4, 0.5) is 18.9 Å². The molecule has 2 fully saturated rings. The number of H-pyrrole nitrogens is 1. The third-order valence-electron chi connectivity index (χ3n) is 13.4. The molecule has 3 aliphatic rings. The molecule has 72 heavy (non-hydrogen) atoms. The maximum Gasteiger partial charge on any atom is 0.501 e. The lowest BCUT2D eigenvalue weighted by Crippen LogP contribution is -2.47. The van der Waals surface area contributed by atoms with Gasteiger partial charge in [-0.05, 0) is 102 Å². The van der Waals surface area contributed by atoms with E-state index in [4.69, 9.17) is 16.3 Å². The molecule has 2 saturated heterocycles. The van der Waals surface area contributed by atoms with Crippen LogP contribution >= 0.6 is 11.6 Å². The maximum absolute atomic E-state index is 14.2. The van der Waals surface area contributed by atoms with E-state index in [0.717, 1.165) is 51.0 Å². The number of allylic oxidation sites excluding steroid dienone is 1. The Balaban J connectivity index is 1.02. The van der Waals surface area contributed by atoms with Gasteiger partial charge in [-0.3, -0.25) is 14.5 Å². The number of sulfonamides is 1. The summed E-state index contributed by atoms with van der Waals surface area (Å²) in [7, 11) is -13.8. The highest BCUT2D eigenvalue weighted by atomic mass is 35.5. The molecule has 22 heteroatoms. The van der Waals surface area contributed by atoms with E-state index in [9.17, 15) is 43.8 Å². The number of nitrogens with zero attached hydrogens (tertiary/aromatic N) is 5. The minimum Gasteiger partial charge on any atom is -0.455 e. The van der Waals surface area contributed by atoms with E-state index in [1.165, 1.54) is 35.9 Å². The molecule has 1 aliphatic carbocycles. The number of halogens is 4. The number of fused-ring (bicyclic) bond motifs is 1. The van der Waals surface area contributed by atoms with Gasteiger partial charge in [0.25, 0.3) is 31.7 Å². The zero-order valence-corrected chi connectivity index (χ0v) is 43.5. The van der Waals surface area contributed by atoms with Gasteiger partial charge in [0.05, 0.1) is 31.3 Å². The number of sulfone groups is 1. The van der Waals surface area contributed by atoms with Gasteiger partial charge in [0, 0.05) is 99.1 Å². The second kappa shape index (κ2) is 20.9. The summed E-state index contributed by atoms with van der Waals surface area (Å²) in [6.45, 7) is 11.9. The fourth-order valence-electron chi connectivity index (χ4n) is 9.61. The van der Waals surface area contributed by atoms with Crippen molar-refractivity contribution >= 4 is 75.3 Å². The molecular formula is C50H57ClF3N7O8S3. The molecule has 1 atom stereocenters. The number of hydrogen-bond acceptors (Lipinski definition) is 12. The molecule has 4 heterocycles. The van der Waals surface area contributed by atoms with E-state index in [0.29, 0.717) is 54.0 Å². The molecule has 2 amide bonds. The first-order valence-corrected chi connectivity index (χ1v) is 28.7. The van der Waals surface area contributed by atoms with Crippen molar-refractivity contribution in [3.63, 3.8) is 0 Å². The molecule has 0 radical (unpaired) electrons. The van der Waals surface area contributed by atoms with Crippen molar-refractivity contribution in [1.82, 2.24) is 24.5 Å². The molecule has 5 aromatic rings. The van der Waals surface area contributed by atoms with Crippen LogP contribution in [0.1, 0.15) is 68.4 Å². The number of rotatable bonds is 14. The van der Waals surface area contributed by atoms with E-state index in [2.05, 4.69) is 50.1 Å². The van der Waals surface area contributed by atoms with Gasteiger partial charge in [-0.25, -0.2) is 30.8 Å². The lowest BCUT2D eigenvalue weighted by Gasteiger charge is -2.39. The minimum absolute atomic E-state index is 0.0316. The number of nitrogens with one attached hydrogen (secondary N) is 2. The summed E-state index contributed by atoms with van der Waals surface area (Å²) in [5.74, 6) is -1.74. The van der Waals surface area contributed by atoms with Gasteiger partial charge in [0.2, 0.25) is 0 Å². The van der Waals surface area contributed by atoms with Crippen molar-refractivity contribution in [2.45, 2.75) is 68.7 Å². The van der Waals surface area contributed by atoms with Crippen molar-refractivity contribution in [2.24, 2.45) is 15.7 Å². The first-order valence-electron chi connectivity index (χ1n) is 23.5. The Labute approximate surface area is 423 Å². The summed E-state index contributed by atoms with van der Waals surface area (Å²) in [5.41, 5.74) is -0.904. The zero-order valence-electron chi connectivity index (χ0n) is 40.3. The summed E-state index contributed by atoms with van der Waals surface area (Å²) in [4.78, 5) is 37.2. The SMILES string of the molecule is CC(=O)N=S1(=O)CCN(C[C@H](C)Cc2ccc(S(=O)(=O)NC(=O)c3ccc(N4CCN(CC5=C(c6ccc(Cl)cc6)CC(C)(C)CC5)CC4)cc3Oc3cnc4[nH]ccc4c3)cc2S(=O)(=O)C(F)(F)F)CC1. The van der Waals surface area contributed by atoms with Crippen molar-refractivity contribution in [2.75, 3.05) is 68.8 Å². The second-order valence-electron chi connectivity index (χ2n) is 19.6. The van der Waals surface area contributed by atoms with Crippen LogP contribution in [0.5, 0.6) is 11.5 Å². The number of anilines is 1. The van der Waals surface area contributed by atoms with E-state index in [-0.39, 0.29) is 52.5 Å². The highest BCUT2D eigenvalue weighted by Gasteiger charge is 2.48. The smallest absolute Gasteiger partial charge is 0.455 e. The normalized spacial score (nSPS) is 18.5. The van der Waals surface area contributed by atoms with Crippen molar-refractivity contribution in [3.05, 3.63) is 112 Å². The number of aromatic amines is 1. The fourth-order valence-corrected chi connectivity index (χ4v) is 13.8. The molecule has 0 bridgehead atoms. The third kappa shape index (κ3) is 12.4. The molecule has 0 saturated carbocycles. The quantitative estimate of drug-likeness (QED) is 0.108. The molecule has 0 spiro atoms. The van der Waals surface area contributed by atoms with Crippen LogP contribution in [-0.4, -0.2) is 122 Å². The van der Waals surface area contributed by atoms with E-state index in [1.54, 1.807) is 37.4 Å². The standard InChI is InChI=1S/C50H57ClF3N7O8S3/c1-33(31-60-21-23-70(64,24-22-60)57-34(2)62)25-36-7-11-42(28-46(36)71(65,66)50(52,53)54)72(67,68)58-48(63)43-12-10-40(27-45(43)69-41-26-37-14-16-55-47(37)56-30-41)61-19-17-59(18-20-61)32-38-13-15-49(3,4)29-44(38)35-5-8-39(51)9-6-35/h5-12,14,16,26-28,30,33H,13,15,17-25,29,31-32H2,1-4H3,(H,55,56)(H,58,63)/t33-/m1/s1. The second-order valence-corrected chi connectivity index (χ2v) is 26.2. The number of alkyl halides is 3. The molecule has 2 aromatic heterocycles. The largest absolute Gasteiger partial charge is 0.501 e. The molecule has 2 N–H and O–H groups in total. The van der Waals surface area contributed by atoms with E-state index in [1.807, 2.05) is 21.8 Å². The number of piperazine rings is 1. The Bertz CT molecular complexity index is 3260. The first kappa shape index (κ1) is 53.0. The summed E-state index contributed by atoms with van der Waals surface area (Å²) in [5, 5.41) is 1.39. The highest BCUT2D eigenvalue weighted by molar-refractivity contribution is 7.94. The van der Waals surface area contributed by atoms with Gasteiger partial charge < -0.3 is 19.5 Å². The van der Waals surface area contributed by atoms with Crippen LogP contribution in [0, 0.1) is 11.3 Å². The van der Waals surface area contributed by atoms with Gasteiger partial charge >= 0.3 is 5.51 Å². The molecule has 15 nitrogen and oxygen atoms in total. The zero-order chi connectivity index (χ0) is 51.8. The monoisotopic (exact) mass is 1070 g/mol. The Kier molecular flexibility index (Phi) is 15.4. The van der Waals surface area contributed by atoms with Crippen LogP contribution in [0.2, 0.25) is 5.02 Å². The Morgan fingerprint density at radius 1 is 0.944 bits per heavy atom. The molecule has 2 aliphatic heterocycles. The highest BCUT2D eigenvalue weighted by Crippen LogP contribution is 2.44. The van der Waals surface area contributed by atoms with Gasteiger partial charge in [-0.15, -0.1) is 0 Å². The first-order chi connectivity index (χ1) is 33.9. The van der Waals surface area contributed by atoms with Gasteiger partial charge in [-0.1, -0.05) is 56.1 Å². The summed E-state index contributed by atoms with van der Waals surface area (Å²) < 4.78 is 121. The minimum atomic E-state index is -6.09. The lowest BCUT2D eigenvalue weighted by atomic mass is 9.72. The molecular weight excluding hydrogens is 1020 g/mol. The Morgan fingerprint density at radius 3 is 2.33 bits per heavy atom. The number of ether oxygens (including phenoxy) is 1. The van der Waals surface area contributed by atoms with E-state index < -0.39 is 62.6 Å². The molecule has 386 valence electrons. The summed E-state index contributed by atoms with van der Waals surface area (Å²) in [6, 6.07) is 18.5. The lowest BCUT2D eigenvalue weighted by molar-refractivity contribution is -0.115. The number of pyridine rings is 1. The van der Waals surface area contributed by atoms with Crippen LogP contribution in [0.3, 0.4) is 0 Å². The predicted octanol–water partition coefficient (Wildman–Crippen LogP) is 8.72. The summed E-state index contributed by atoms with van der Waals surface area (Å²) in [6.07, 6.45) is 5.96. The topological polar surface area (TPSA) is 192 Å². The van der Waals surface area contributed by atoms with E-state index >= 15 is 0 Å². The average molecular weight is 1070 g/mol. The molecule has 8 rings (SSSR count). The third-order valence-corrected chi connectivity index (χ3v) is 18.8. The van der Waals surface area contributed by atoms with Gasteiger partial charge in [0.1, 0.15) is 17.1 Å². The number of benzene rings is 3. The number of carbonyl (C=O) groups excluding carboxylic acids is 2. The van der Waals surface area contributed by atoms with Crippen molar-refractivity contribution < 1.29 is 48.5 Å². The van der Waals surface area contributed by atoms with Crippen LogP contribution in [-0.2, 0) is 40.8 Å². The fraction of sp³-hybridized carbons (Fsp3) is 0.420. The Morgan fingerprint density at radius 2 is 1.65 bits per heavy atom. The predicted molar refractivity (Wildman–Crippen MR) is 272 cm³/mol. The van der Waals surface area contributed by atoms with Gasteiger partial charge in [-0.2, -0.15) is 17.5 Å². The number of amides is 2. The molecule has 3 aromatic carbocycles.